The molecule has 23 heavy (non-hydrogen) atoms. The Bertz CT molecular complexity index is 836. The van der Waals surface area contributed by atoms with Crippen molar-refractivity contribution >= 4 is 28.4 Å². The van der Waals surface area contributed by atoms with Gasteiger partial charge in [0.25, 0.3) is 5.91 Å². The van der Waals surface area contributed by atoms with Crippen LogP contribution in [-0.2, 0) is 0 Å². The summed E-state index contributed by atoms with van der Waals surface area (Å²) < 4.78 is 0. The first-order valence-corrected chi connectivity index (χ1v) is 8.80. The summed E-state index contributed by atoms with van der Waals surface area (Å²) in [6.07, 6.45) is 2.30. The van der Waals surface area contributed by atoms with Crippen LogP contribution in [0.25, 0.3) is 10.9 Å². The van der Waals surface area contributed by atoms with Gasteiger partial charge in [0.1, 0.15) is 0 Å². The molecule has 0 radical (unpaired) electrons. The van der Waals surface area contributed by atoms with Gasteiger partial charge in [-0.15, -0.1) is 0 Å². The minimum atomic E-state index is 0.100. The molecular weight excluding hydrogens is 312 g/mol. The van der Waals surface area contributed by atoms with Gasteiger partial charge in [0.05, 0.1) is 5.52 Å². The number of amides is 1. The number of likely N-dealkylation sites (tertiary alicyclic amines) is 1. The number of aromatic amines is 1. The fraction of sp³-hybridized carbons (Fsp3) is 0.529. The number of aromatic nitrogens is 2. The molecule has 6 heteroatoms. The van der Waals surface area contributed by atoms with E-state index in [9.17, 15) is 4.79 Å². The van der Waals surface area contributed by atoms with Gasteiger partial charge in [0.15, 0.2) is 5.69 Å². The molecule has 4 fully saturated rings. The lowest BCUT2D eigenvalue weighted by Crippen LogP contribution is -2.48. The highest BCUT2D eigenvalue weighted by molar-refractivity contribution is 6.31. The van der Waals surface area contributed by atoms with Gasteiger partial charge in [-0.2, -0.15) is 5.10 Å². The molecule has 4 aliphatic rings. The maximum atomic E-state index is 13.3. The summed E-state index contributed by atoms with van der Waals surface area (Å²) in [4.78, 5) is 18.0. The van der Waals surface area contributed by atoms with Gasteiger partial charge in [-0.3, -0.25) is 14.8 Å². The Balaban J connectivity index is 1.43. The van der Waals surface area contributed by atoms with Crippen molar-refractivity contribution in [3.8, 4) is 0 Å². The Morgan fingerprint density at radius 3 is 3.13 bits per heavy atom. The molecule has 1 aliphatic carbocycles. The van der Waals surface area contributed by atoms with E-state index in [1.54, 1.807) is 0 Å². The maximum Gasteiger partial charge on any atom is 0.275 e. The summed E-state index contributed by atoms with van der Waals surface area (Å²) in [5.41, 5.74) is 1.39. The highest BCUT2D eigenvalue weighted by Crippen LogP contribution is 2.57. The molecule has 6 rings (SSSR count). The fourth-order valence-corrected chi connectivity index (χ4v) is 6.12. The lowest BCUT2D eigenvalue weighted by Gasteiger charge is -2.37. The van der Waals surface area contributed by atoms with Crippen molar-refractivity contribution in [3.63, 3.8) is 0 Å². The molecule has 1 saturated carbocycles. The van der Waals surface area contributed by atoms with E-state index in [0.717, 1.165) is 29.8 Å². The average molecular weight is 329 g/mol. The number of hydrogen-bond acceptors (Lipinski definition) is 3. The number of benzene rings is 1. The Kier molecular flexibility index (Phi) is 2.27. The minimum Gasteiger partial charge on any atom is -0.329 e. The molecule has 1 aromatic heterocycles. The Labute approximate surface area is 138 Å². The molecule has 5 nitrogen and oxygen atoms in total. The molecule has 6 bridgehead atoms. The first kappa shape index (κ1) is 12.8. The van der Waals surface area contributed by atoms with Gasteiger partial charge in [0.2, 0.25) is 0 Å². The zero-order valence-electron chi connectivity index (χ0n) is 12.6. The van der Waals surface area contributed by atoms with Crippen LogP contribution >= 0.6 is 11.6 Å². The van der Waals surface area contributed by atoms with Gasteiger partial charge in [-0.05, 0) is 37.0 Å². The van der Waals surface area contributed by atoms with E-state index in [2.05, 4.69) is 20.0 Å². The van der Waals surface area contributed by atoms with E-state index in [4.69, 9.17) is 11.6 Å². The number of nitrogens with one attached hydrogen (secondary N) is 1. The molecule has 1 aromatic carbocycles. The molecule has 3 saturated heterocycles. The number of hydrogen-bond donors (Lipinski definition) is 1. The van der Waals surface area contributed by atoms with Crippen LogP contribution in [0.1, 0.15) is 23.3 Å². The van der Waals surface area contributed by atoms with Crippen molar-refractivity contribution in [3.05, 3.63) is 28.9 Å². The van der Waals surface area contributed by atoms with Crippen LogP contribution in [0.4, 0.5) is 0 Å². The van der Waals surface area contributed by atoms with Gasteiger partial charge < -0.3 is 4.90 Å². The number of halogens is 1. The molecule has 118 valence electrons. The van der Waals surface area contributed by atoms with Crippen LogP contribution in [0.2, 0.25) is 5.02 Å². The van der Waals surface area contributed by atoms with Crippen molar-refractivity contribution in [2.75, 3.05) is 13.1 Å². The quantitative estimate of drug-likeness (QED) is 0.872. The van der Waals surface area contributed by atoms with Crippen LogP contribution in [0.5, 0.6) is 0 Å². The third kappa shape index (κ3) is 1.44. The average Bonchev–Trinajstić information content (AvgIpc) is 3.25. The van der Waals surface area contributed by atoms with Crippen LogP contribution in [0, 0.1) is 11.8 Å². The zero-order valence-corrected chi connectivity index (χ0v) is 13.3. The predicted octanol–water partition coefficient (Wildman–Crippen LogP) is 2.13. The van der Waals surface area contributed by atoms with Crippen LogP contribution in [0.15, 0.2) is 18.2 Å². The molecule has 2 aromatic rings. The molecule has 6 atom stereocenters. The number of H-pyrrole nitrogens is 1. The van der Waals surface area contributed by atoms with E-state index in [1.165, 1.54) is 13.0 Å². The second kappa shape index (κ2) is 4.08. The van der Waals surface area contributed by atoms with Crippen molar-refractivity contribution in [1.29, 1.82) is 0 Å². The maximum absolute atomic E-state index is 13.3. The van der Waals surface area contributed by atoms with E-state index >= 15 is 0 Å². The Hall–Kier alpha value is -1.59. The fourth-order valence-electron chi connectivity index (χ4n) is 5.95. The molecule has 3 aliphatic heterocycles. The number of rotatable bonds is 1. The molecule has 1 amide bonds. The molecular formula is C17H17ClN4O. The highest BCUT2D eigenvalue weighted by Gasteiger charge is 2.66. The number of piperidine rings is 3. The topological polar surface area (TPSA) is 52.2 Å². The second-order valence-electron chi connectivity index (χ2n) is 7.46. The summed E-state index contributed by atoms with van der Waals surface area (Å²) in [5, 5.41) is 8.82. The monoisotopic (exact) mass is 328 g/mol. The van der Waals surface area contributed by atoms with Gasteiger partial charge >= 0.3 is 0 Å². The van der Waals surface area contributed by atoms with Crippen molar-refractivity contribution in [1.82, 2.24) is 20.0 Å². The Morgan fingerprint density at radius 1 is 1.35 bits per heavy atom. The van der Waals surface area contributed by atoms with Crippen molar-refractivity contribution < 1.29 is 4.79 Å². The lowest BCUT2D eigenvalue weighted by atomic mass is 9.87. The standard InChI is InChI=1S/C17H17ClN4O/c18-9-1-2-10-11(6-9)19-20-15(10)17(23)22-12-3-4-21-7-8-5-13(22)16(21)14(8)12/h1-2,6,8,12-14,16H,3-5,7H2,(H,19,20). The first-order valence-electron chi connectivity index (χ1n) is 8.43. The minimum absolute atomic E-state index is 0.100. The van der Waals surface area contributed by atoms with E-state index in [1.807, 2.05) is 18.2 Å². The van der Waals surface area contributed by atoms with Gasteiger partial charge in [-0.25, -0.2) is 0 Å². The summed E-state index contributed by atoms with van der Waals surface area (Å²) in [6, 6.07) is 6.99. The molecule has 1 N–H and O–H groups in total. The number of fused-ring (bicyclic) bond motifs is 1. The lowest BCUT2D eigenvalue weighted by molar-refractivity contribution is 0.0520. The summed E-state index contributed by atoms with van der Waals surface area (Å²) in [6.45, 7) is 2.41. The molecule has 6 unspecified atom stereocenters. The van der Waals surface area contributed by atoms with E-state index in [-0.39, 0.29) is 5.91 Å². The predicted molar refractivity (Wildman–Crippen MR) is 86.4 cm³/mol. The largest absolute Gasteiger partial charge is 0.329 e. The number of nitrogens with zero attached hydrogens (tertiary/aromatic N) is 3. The summed E-state index contributed by atoms with van der Waals surface area (Å²) >= 11 is 6.03. The summed E-state index contributed by atoms with van der Waals surface area (Å²) in [7, 11) is 0. The number of carbonyl (C=O) groups is 1. The third-order valence-corrected chi connectivity index (χ3v) is 6.84. The zero-order chi connectivity index (χ0) is 15.3. The second-order valence-corrected chi connectivity index (χ2v) is 7.89. The van der Waals surface area contributed by atoms with Crippen molar-refractivity contribution in [2.24, 2.45) is 11.8 Å². The molecule has 0 spiro atoms. The SMILES string of the molecule is O=C(c1n[nH]c2cc(Cl)ccc12)N1C2CCN3CC4CC1C3C42. The van der Waals surface area contributed by atoms with Crippen molar-refractivity contribution in [2.45, 2.75) is 31.0 Å². The highest BCUT2D eigenvalue weighted by atomic mass is 35.5. The first-order chi connectivity index (χ1) is 11.2. The van der Waals surface area contributed by atoms with Gasteiger partial charge in [0, 0.05) is 47.5 Å². The third-order valence-electron chi connectivity index (χ3n) is 6.60. The normalized spacial score (nSPS) is 39.8. The van der Waals surface area contributed by atoms with Crippen LogP contribution < -0.4 is 0 Å². The Morgan fingerprint density at radius 2 is 2.26 bits per heavy atom. The van der Waals surface area contributed by atoms with E-state index in [0.29, 0.717) is 34.8 Å². The van der Waals surface area contributed by atoms with Crippen LogP contribution in [0.3, 0.4) is 0 Å². The van der Waals surface area contributed by atoms with E-state index < -0.39 is 0 Å². The smallest absolute Gasteiger partial charge is 0.275 e. The van der Waals surface area contributed by atoms with Gasteiger partial charge in [-0.1, -0.05) is 11.6 Å². The molecule has 4 heterocycles. The summed E-state index contributed by atoms with van der Waals surface area (Å²) in [5.74, 6) is 1.62. The number of carbonyl (C=O) groups excluding carboxylic acids is 1. The van der Waals surface area contributed by atoms with Crippen LogP contribution in [-0.4, -0.2) is 57.1 Å².